The van der Waals surface area contributed by atoms with Gasteiger partial charge in [-0.2, -0.15) is 0 Å². The zero-order chi connectivity index (χ0) is 26.9. The molecule has 3 N–H and O–H groups in total. The number of nitrogens with one attached hydrogen (secondary N) is 3. The standard InChI is InChI=1S/C28H35ClN4O5/c1-38-27(37)21(14-18-8-6-12-30-24(18)34)32-25(35)22-15-28(10-3-2-4-11-28)16-33(22)26(36)20-13-17-7-5-9-19(29)23(17)31-20/h5,7,9,13,18,21-22,31H,2-4,6,8,10-12,14-16H2,1H3,(H,30,34)(H,32,35)/t18-,21-,22?/m0/s1. The van der Waals surface area contributed by atoms with Gasteiger partial charge in [0.2, 0.25) is 11.8 Å². The highest BCUT2D eigenvalue weighted by Gasteiger charge is 2.49. The Morgan fingerprint density at radius 3 is 2.71 bits per heavy atom. The summed E-state index contributed by atoms with van der Waals surface area (Å²) in [5.74, 6) is -1.74. The molecule has 9 nitrogen and oxygen atoms in total. The molecular weight excluding hydrogens is 508 g/mol. The number of benzene rings is 1. The van der Waals surface area contributed by atoms with Gasteiger partial charge in [0, 0.05) is 24.4 Å². The first-order valence-corrected chi connectivity index (χ1v) is 13.9. The van der Waals surface area contributed by atoms with Gasteiger partial charge in [-0.05, 0) is 56.1 Å². The van der Waals surface area contributed by atoms with Crippen LogP contribution in [-0.4, -0.2) is 65.9 Å². The van der Waals surface area contributed by atoms with Crippen molar-refractivity contribution in [2.75, 3.05) is 20.2 Å². The number of carbonyl (C=O) groups excluding carboxylic acids is 4. The van der Waals surface area contributed by atoms with Gasteiger partial charge in [-0.3, -0.25) is 14.4 Å². The molecule has 1 saturated carbocycles. The first kappa shape index (κ1) is 26.5. The van der Waals surface area contributed by atoms with Crippen LogP contribution in [0, 0.1) is 11.3 Å². The number of methoxy groups -OCH3 is 1. The zero-order valence-electron chi connectivity index (χ0n) is 21.7. The summed E-state index contributed by atoms with van der Waals surface area (Å²) < 4.78 is 4.97. The van der Waals surface area contributed by atoms with Crippen molar-refractivity contribution < 1.29 is 23.9 Å². The predicted molar refractivity (Wildman–Crippen MR) is 143 cm³/mol. The van der Waals surface area contributed by atoms with Crippen LogP contribution in [0.2, 0.25) is 5.02 Å². The van der Waals surface area contributed by atoms with E-state index in [0.29, 0.717) is 42.2 Å². The molecule has 0 bridgehead atoms. The summed E-state index contributed by atoms with van der Waals surface area (Å²) in [6, 6.07) is 5.55. The molecule has 1 aromatic carbocycles. The van der Waals surface area contributed by atoms with Crippen molar-refractivity contribution in [2.45, 2.75) is 69.9 Å². The Balaban J connectivity index is 1.40. The summed E-state index contributed by atoms with van der Waals surface area (Å²) in [7, 11) is 1.27. The first-order valence-electron chi connectivity index (χ1n) is 13.5. The van der Waals surface area contributed by atoms with E-state index in [4.69, 9.17) is 16.3 Å². The molecule has 3 heterocycles. The van der Waals surface area contributed by atoms with Crippen LogP contribution >= 0.6 is 11.6 Å². The van der Waals surface area contributed by atoms with E-state index >= 15 is 0 Å². The Bertz CT molecular complexity index is 1240. The number of piperidine rings is 1. The van der Waals surface area contributed by atoms with Crippen molar-refractivity contribution in [3.8, 4) is 0 Å². The van der Waals surface area contributed by atoms with E-state index < -0.39 is 18.1 Å². The molecule has 3 amide bonds. The summed E-state index contributed by atoms with van der Waals surface area (Å²) in [5.41, 5.74) is 0.938. The van der Waals surface area contributed by atoms with Crippen LogP contribution in [0.5, 0.6) is 0 Å². The minimum Gasteiger partial charge on any atom is -0.467 e. The number of likely N-dealkylation sites (tertiary alicyclic amines) is 1. The number of fused-ring (bicyclic) bond motifs is 1. The minimum atomic E-state index is -0.965. The molecule has 3 atom stereocenters. The predicted octanol–water partition coefficient (Wildman–Crippen LogP) is 3.56. The van der Waals surface area contributed by atoms with Crippen LogP contribution in [0.15, 0.2) is 24.3 Å². The number of nitrogens with zero attached hydrogens (tertiary/aromatic N) is 1. The Kier molecular flexibility index (Phi) is 7.66. The number of hydrogen-bond donors (Lipinski definition) is 3. The number of rotatable bonds is 6. The minimum absolute atomic E-state index is 0.115. The molecule has 1 unspecified atom stereocenters. The Morgan fingerprint density at radius 1 is 1.21 bits per heavy atom. The maximum absolute atomic E-state index is 13.8. The normalized spacial score (nSPS) is 23.7. The largest absolute Gasteiger partial charge is 0.467 e. The van der Waals surface area contributed by atoms with E-state index in [1.165, 1.54) is 7.11 Å². The fourth-order valence-electron chi connectivity index (χ4n) is 6.53. The molecule has 3 fully saturated rings. The molecule has 2 aromatic rings. The summed E-state index contributed by atoms with van der Waals surface area (Å²) in [6.07, 6.45) is 7.39. The number of ether oxygens (including phenoxy) is 1. The van der Waals surface area contributed by atoms with Gasteiger partial charge in [-0.1, -0.05) is 43.0 Å². The molecule has 38 heavy (non-hydrogen) atoms. The van der Waals surface area contributed by atoms with E-state index in [2.05, 4.69) is 15.6 Å². The van der Waals surface area contributed by atoms with Crippen LogP contribution in [0.25, 0.3) is 10.9 Å². The lowest BCUT2D eigenvalue weighted by Crippen LogP contribution is -2.52. The van der Waals surface area contributed by atoms with Crippen molar-refractivity contribution in [3.05, 3.63) is 35.0 Å². The number of para-hydroxylation sites is 1. The van der Waals surface area contributed by atoms with Crippen molar-refractivity contribution >= 4 is 46.2 Å². The van der Waals surface area contributed by atoms with Gasteiger partial charge in [0.1, 0.15) is 17.8 Å². The Labute approximate surface area is 227 Å². The highest BCUT2D eigenvalue weighted by atomic mass is 35.5. The van der Waals surface area contributed by atoms with Crippen LogP contribution in [0.1, 0.15) is 68.3 Å². The average molecular weight is 543 g/mol. The second-order valence-corrected chi connectivity index (χ2v) is 11.5. The summed E-state index contributed by atoms with van der Waals surface area (Å²) in [5, 5.41) is 7.03. The number of H-pyrrole nitrogens is 1. The SMILES string of the molecule is COC(=O)[C@H](C[C@@H]1CCCNC1=O)NC(=O)C1CC2(CCCCC2)CN1C(=O)c1cc2cccc(Cl)c2[nH]1. The quantitative estimate of drug-likeness (QED) is 0.482. The molecule has 10 heteroatoms. The van der Waals surface area contributed by atoms with Crippen molar-refractivity contribution in [1.82, 2.24) is 20.5 Å². The molecule has 1 spiro atoms. The number of carbonyl (C=O) groups is 4. The first-order chi connectivity index (χ1) is 18.3. The second-order valence-electron chi connectivity index (χ2n) is 11.1. The number of halogens is 1. The zero-order valence-corrected chi connectivity index (χ0v) is 22.4. The van der Waals surface area contributed by atoms with Crippen molar-refractivity contribution in [2.24, 2.45) is 11.3 Å². The maximum atomic E-state index is 13.8. The number of hydrogen-bond acceptors (Lipinski definition) is 5. The number of amides is 3. The maximum Gasteiger partial charge on any atom is 0.328 e. The molecule has 2 saturated heterocycles. The van der Waals surface area contributed by atoms with Gasteiger partial charge >= 0.3 is 5.97 Å². The number of esters is 1. The van der Waals surface area contributed by atoms with Crippen LogP contribution in [0.3, 0.4) is 0 Å². The molecule has 2 aliphatic heterocycles. The van der Waals surface area contributed by atoms with Gasteiger partial charge in [0.05, 0.1) is 17.6 Å². The van der Waals surface area contributed by atoms with Crippen molar-refractivity contribution in [1.29, 1.82) is 0 Å². The smallest absolute Gasteiger partial charge is 0.328 e. The van der Waals surface area contributed by atoms with Gasteiger partial charge in [-0.15, -0.1) is 0 Å². The fourth-order valence-corrected chi connectivity index (χ4v) is 6.76. The van der Waals surface area contributed by atoms with Crippen LogP contribution in [0.4, 0.5) is 0 Å². The Hall–Kier alpha value is -3.07. The van der Waals surface area contributed by atoms with Gasteiger partial charge in [0.15, 0.2) is 0 Å². The summed E-state index contributed by atoms with van der Waals surface area (Å²) in [6.45, 7) is 1.10. The highest BCUT2D eigenvalue weighted by molar-refractivity contribution is 6.35. The van der Waals surface area contributed by atoms with E-state index in [1.807, 2.05) is 12.1 Å². The third-order valence-electron chi connectivity index (χ3n) is 8.54. The molecule has 5 rings (SSSR count). The molecule has 1 aliphatic carbocycles. The fraction of sp³-hybridized carbons (Fsp3) is 0.571. The lowest BCUT2D eigenvalue weighted by atomic mass is 9.72. The lowest BCUT2D eigenvalue weighted by molar-refractivity contribution is -0.146. The third kappa shape index (κ3) is 5.25. The van der Waals surface area contributed by atoms with E-state index in [-0.39, 0.29) is 35.5 Å². The average Bonchev–Trinajstić information content (AvgIpc) is 3.52. The number of aromatic nitrogens is 1. The van der Waals surface area contributed by atoms with Gasteiger partial charge in [0.25, 0.3) is 5.91 Å². The lowest BCUT2D eigenvalue weighted by Gasteiger charge is -2.32. The van der Waals surface area contributed by atoms with E-state index in [0.717, 1.165) is 43.9 Å². The second kappa shape index (κ2) is 11.0. The summed E-state index contributed by atoms with van der Waals surface area (Å²) >= 11 is 6.33. The molecule has 1 aromatic heterocycles. The highest BCUT2D eigenvalue weighted by Crippen LogP contribution is 2.47. The number of aromatic amines is 1. The monoisotopic (exact) mass is 542 g/mol. The summed E-state index contributed by atoms with van der Waals surface area (Å²) in [4.78, 5) is 57.4. The van der Waals surface area contributed by atoms with E-state index in [1.54, 1.807) is 17.0 Å². The topological polar surface area (TPSA) is 121 Å². The van der Waals surface area contributed by atoms with Crippen molar-refractivity contribution in [3.63, 3.8) is 0 Å². The Morgan fingerprint density at radius 2 is 2.00 bits per heavy atom. The third-order valence-corrected chi connectivity index (χ3v) is 8.86. The molecular formula is C28H35ClN4O5. The van der Waals surface area contributed by atoms with E-state index in [9.17, 15) is 19.2 Å². The molecule has 0 radical (unpaired) electrons. The molecule has 204 valence electrons. The molecule has 3 aliphatic rings. The van der Waals surface area contributed by atoms with Gasteiger partial charge in [-0.25, -0.2) is 4.79 Å². The van der Waals surface area contributed by atoms with Crippen LogP contribution < -0.4 is 10.6 Å². The van der Waals surface area contributed by atoms with Gasteiger partial charge < -0.3 is 25.3 Å². The van der Waals surface area contributed by atoms with Crippen LogP contribution in [-0.2, 0) is 19.1 Å².